The molecule has 0 spiro atoms. The number of H-pyrrole nitrogens is 1. The third kappa shape index (κ3) is 3.27. The zero-order valence-corrected chi connectivity index (χ0v) is 12.2. The number of hydrogen-bond acceptors (Lipinski definition) is 4. The lowest BCUT2D eigenvalue weighted by atomic mass is 10.1. The molecule has 2 rings (SSSR count). The average Bonchev–Trinajstić information content (AvgIpc) is 2.71. The van der Waals surface area contributed by atoms with Gasteiger partial charge < -0.3 is 4.74 Å². The number of ether oxygens (including phenoxy) is 1. The Morgan fingerprint density at radius 1 is 1.42 bits per heavy atom. The molecule has 1 N–H and O–H groups in total. The van der Waals surface area contributed by atoms with Gasteiger partial charge in [-0.3, -0.25) is 14.6 Å². The van der Waals surface area contributed by atoms with Gasteiger partial charge in [-0.15, -0.1) is 0 Å². The van der Waals surface area contributed by atoms with Crippen molar-refractivity contribution in [2.45, 2.75) is 32.9 Å². The molecule has 6 heteroatoms. The first-order valence-electron chi connectivity index (χ1n) is 6.24. The van der Waals surface area contributed by atoms with Crippen LogP contribution < -0.4 is 0 Å². The van der Waals surface area contributed by atoms with E-state index in [1.807, 2.05) is 43.5 Å². The third-order valence-corrected chi connectivity index (χ3v) is 3.04. The summed E-state index contributed by atoms with van der Waals surface area (Å²) < 4.78 is 8.22. The minimum atomic E-state index is -0.305. The van der Waals surface area contributed by atoms with Gasteiger partial charge in [0.25, 0.3) is 0 Å². The standard InChI is InChI=1S/C13H18N4OS/c1-4-18-13(2,3)9-17-11(15-16-12(17)19)10-7-5-6-8-14-10/h5-8H,4,9H2,1-3H3,(H,16,19). The van der Waals surface area contributed by atoms with Gasteiger partial charge in [-0.2, -0.15) is 5.10 Å². The van der Waals surface area contributed by atoms with Crippen LogP contribution in [0, 0.1) is 4.77 Å². The molecular weight excluding hydrogens is 260 g/mol. The van der Waals surface area contributed by atoms with Gasteiger partial charge in [0.2, 0.25) is 0 Å². The molecule has 0 unspecified atom stereocenters. The van der Waals surface area contributed by atoms with E-state index in [0.717, 1.165) is 11.5 Å². The van der Waals surface area contributed by atoms with Gasteiger partial charge in [0.05, 0.1) is 12.1 Å². The highest BCUT2D eigenvalue weighted by atomic mass is 32.1. The molecule has 2 aromatic heterocycles. The average molecular weight is 278 g/mol. The van der Waals surface area contributed by atoms with Crippen LogP contribution in [0.1, 0.15) is 20.8 Å². The summed E-state index contributed by atoms with van der Waals surface area (Å²) in [4.78, 5) is 4.31. The fraction of sp³-hybridized carbons (Fsp3) is 0.462. The molecule has 5 nitrogen and oxygen atoms in total. The fourth-order valence-electron chi connectivity index (χ4n) is 1.97. The molecule has 0 saturated heterocycles. The molecule has 0 bridgehead atoms. The molecule has 0 aliphatic heterocycles. The molecule has 0 aromatic carbocycles. The summed E-state index contributed by atoms with van der Waals surface area (Å²) in [5, 5.41) is 7.08. The van der Waals surface area contributed by atoms with Gasteiger partial charge in [0.15, 0.2) is 10.6 Å². The maximum absolute atomic E-state index is 5.72. The predicted octanol–water partition coefficient (Wildman–Crippen LogP) is 2.82. The van der Waals surface area contributed by atoms with Crippen molar-refractivity contribution in [1.82, 2.24) is 19.7 Å². The van der Waals surface area contributed by atoms with Crippen molar-refractivity contribution >= 4 is 12.2 Å². The molecule has 0 atom stereocenters. The summed E-state index contributed by atoms with van der Waals surface area (Å²) in [7, 11) is 0. The van der Waals surface area contributed by atoms with Gasteiger partial charge in [-0.25, -0.2) is 0 Å². The van der Waals surface area contributed by atoms with Crippen molar-refractivity contribution in [3.63, 3.8) is 0 Å². The summed E-state index contributed by atoms with van der Waals surface area (Å²) in [6.07, 6.45) is 1.74. The van der Waals surface area contributed by atoms with Crippen LogP contribution in [-0.4, -0.2) is 32.0 Å². The first kappa shape index (κ1) is 13.9. The van der Waals surface area contributed by atoms with Crippen molar-refractivity contribution < 1.29 is 4.74 Å². The van der Waals surface area contributed by atoms with Gasteiger partial charge in [0.1, 0.15) is 5.69 Å². The van der Waals surface area contributed by atoms with Gasteiger partial charge in [0, 0.05) is 12.8 Å². The highest BCUT2D eigenvalue weighted by Crippen LogP contribution is 2.19. The van der Waals surface area contributed by atoms with E-state index in [2.05, 4.69) is 15.2 Å². The number of hydrogen-bond donors (Lipinski definition) is 1. The van der Waals surface area contributed by atoms with Crippen LogP contribution in [0.15, 0.2) is 24.4 Å². The summed E-state index contributed by atoms with van der Waals surface area (Å²) >= 11 is 5.29. The lowest BCUT2D eigenvalue weighted by Crippen LogP contribution is -2.31. The Morgan fingerprint density at radius 2 is 2.21 bits per heavy atom. The second kappa shape index (κ2) is 5.63. The van der Waals surface area contributed by atoms with Crippen molar-refractivity contribution in [1.29, 1.82) is 0 Å². The van der Waals surface area contributed by atoms with Crippen LogP contribution in [-0.2, 0) is 11.3 Å². The van der Waals surface area contributed by atoms with Crippen LogP contribution >= 0.6 is 12.2 Å². The first-order chi connectivity index (χ1) is 9.03. The number of rotatable bonds is 5. The van der Waals surface area contributed by atoms with Gasteiger partial charge >= 0.3 is 0 Å². The van der Waals surface area contributed by atoms with Gasteiger partial charge in [-0.05, 0) is 45.1 Å². The van der Waals surface area contributed by atoms with E-state index in [4.69, 9.17) is 17.0 Å². The second-order valence-electron chi connectivity index (χ2n) is 4.85. The number of aromatic nitrogens is 4. The zero-order valence-electron chi connectivity index (χ0n) is 11.4. The number of pyridine rings is 1. The Labute approximate surface area is 117 Å². The molecular formula is C13H18N4OS. The van der Waals surface area contributed by atoms with E-state index in [1.54, 1.807) is 6.20 Å². The van der Waals surface area contributed by atoms with Crippen LogP contribution in [0.2, 0.25) is 0 Å². The number of nitrogens with one attached hydrogen (secondary N) is 1. The van der Waals surface area contributed by atoms with Crippen LogP contribution in [0.4, 0.5) is 0 Å². The second-order valence-corrected chi connectivity index (χ2v) is 5.23. The molecule has 0 saturated carbocycles. The minimum Gasteiger partial charge on any atom is -0.374 e. The fourth-order valence-corrected chi connectivity index (χ4v) is 2.17. The summed E-state index contributed by atoms with van der Waals surface area (Å²) in [5.41, 5.74) is 0.488. The largest absolute Gasteiger partial charge is 0.374 e. The van der Waals surface area contributed by atoms with E-state index in [1.165, 1.54) is 0 Å². The Bertz CT molecular complexity index is 588. The monoisotopic (exact) mass is 278 g/mol. The SMILES string of the molecule is CCOC(C)(C)Cn1c(-c2ccccn2)n[nH]c1=S. The Balaban J connectivity index is 2.37. The van der Waals surface area contributed by atoms with E-state index < -0.39 is 0 Å². The molecule has 0 aliphatic carbocycles. The molecule has 0 amide bonds. The van der Waals surface area contributed by atoms with Crippen molar-refractivity contribution in [3.8, 4) is 11.5 Å². The van der Waals surface area contributed by atoms with Crippen molar-refractivity contribution in [2.24, 2.45) is 0 Å². The molecule has 102 valence electrons. The molecule has 0 aliphatic rings. The third-order valence-electron chi connectivity index (χ3n) is 2.73. The lowest BCUT2D eigenvalue weighted by molar-refractivity contribution is -0.0224. The van der Waals surface area contributed by atoms with Crippen LogP contribution in [0.5, 0.6) is 0 Å². The van der Waals surface area contributed by atoms with Crippen LogP contribution in [0.3, 0.4) is 0 Å². The Hall–Kier alpha value is -1.53. The van der Waals surface area contributed by atoms with E-state index in [0.29, 0.717) is 17.9 Å². The molecule has 2 heterocycles. The van der Waals surface area contributed by atoms with E-state index >= 15 is 0 Å². The summed E-state index contributed by atoms with van der Waals surface area (Å²) in [6, 6.07) is 5.71. The highest BCUT2D eigenvalue weighted by molar-refractivity contribution is 7.71. The normalized spacial score (nSPS) is 11.7. The van der Waals surface area contributed by atoms with Crippen molar-refractivity contribution in [2.75, 3.05) is 6.61 Å². The maximum atomic E-state index is 5.72. The van der Waals surface area contributed by atoms with Crippen LogP contribution in [0.25, 0.3) is 11.5 Å². The molecule has 0 fully saturated rings. The lowest BCUT2D eigenvalue weighted by Gasteiger charge is -2.25. The van der Waals surface area contributed by atoms with Gasteiger partial charge in [-0.1, -0.05) is 6.07 Å². The predicted molar refractivity (Wildman–Crippen MR) is 76.3 cm³/mol. The summed E-state index contributed by atoms with van der Waals surface area (Å²) in [6.45, 7) is 7.34. The molecule has 19 heavy (non-hydrogen) atoms. The van der Waals surface area contributed by atoms with E-state index in [-0.39, 0.29) is 5.60 Å². The smallest absolute Gasteiger partial charge is 0.195 e. The molecule has 2 aromatic rings. The Morgan fingerprint density at radius 3 is 2.84 bits per heavy atom. The number of nitrogens with zero attached hydrogens (tertiary/aromatic N) is 3. The topological polar surface area (TPSA) is 55.7 Å². The molecule has 0 radical (unpaired) electrons. The highest BCUT2D eigenvalue weighted by Gasteiger charge is 2.21. The maximum Gasteiger partial charge on any atom is 0.195 e. The Kier molecular flexibility index (Phi) is 4.11. The van der Waals surface area contributed by atoms with Crippen molar-refractivity contribution in [3.05, 3.63) is 29.2 Å². The quantitative estimate of drug-likeness (QED) is 0.854. The number of aromatic amines is 1. The first-order valence-corrected chi connectivity index (χ1v) is 6.65. The summed E-state index contributed by atoms with van der Waals surface area (Å²) in [5.74, 6) is 0.735. The van der Waals surface area contributed by atoms with E-state index in [9.17, 15) is 0 Å². The zero-order chi connectivity index (χ0) is 13.9. The minimum absolute atomic E-state index is 0.305.